The van der Waals surface area contributed by atoms with Gasteiger partial charge in [-0.2, -0.15) is 0 Å². The molecule has 1 aliphatic carbocycles. The van der Waals surface area contributed by atoms with Crippen molar-refractivity contribution in [1.29, 1.82) is 0 Å². The van der Waals surface area contributed by atoms with Crippen LogP contribution in [0, 0.1) is 5.82 Å². The van der Waals surface area contributed by atoms with Gasteiger partial charge in [0.15, 0.2) is 0 Å². The molecule has 0 radical (unpaired) electrons. The maximum absolute atomic E-state index is 14.2. The first-order valence-electron chi connectivity index (χ1n) is 11.4. The number of hydrogen-bond acceptors (Lipinski definition) is 4. The molecule has 7 heteroatoms. The van der Waals surface area contributed by atoms with Crippen LogP contribution in [0.5, 0.6) is 5.75 Å². The lowest BCUT2D eigenvalue weighted by Gasteiger charge is -2.37. The monoisotopic (exact) mass is 450 g/mol. The summed E-state index contributed by atoms with van der Waals surface area (Å²) in [6.45, 7) is 0.279. The van der Waals surface area contributed by atoms with Crippen LogP contribution in [0.3, 0.4) is 0 Å². The van der Waals surface area contributed by atoms with Crippen molar-refractivity contribution in [1.82, 2.24) is 10.2 Å². The summed E-state index contributed by atoms with van der Waals surface area (Å²) in [5.41, 5.74) is 2.87. The molecule has 2 aliphatic heterocycles. The highest BCUT2D eigenvalue weighted by atomic mass is 19.1. The Labute approximate surface area is 192 Å². The van der Waals surface area contributed by atoms with Crippen molar-refractivity contribution < 1.29 is 23.5 Å². The number of fused-ring (bicyclic) bond motifs is 2. The Kier molecular flexibility index (Phi) is 5.79. The maximum atomic E-state index is 14.2. The highest BCUT2D eigenvalue weighted by molar-refractivity contribution is 6.01. The number of benzene rings is 2. The summed E-state index contributed by atoms with van der Waals surface area (Å²) in [6, 6.07) is 13.8. The maximum Gasteiger partial charge on any atom is 0.336 e. The highest BCUT2D eigenvalue weighted by Gasteiger charge is 2.47. The molecule has 2 fully saturated rings. The lowest BCUT2D eigenvalue weighted by molar-refractivity contribution is -0.136. The van der Waals surface area contributed by atoms with E-state index >= 15 is 0 Å². The molecule has 5 rings (SSSR count). The molecule has 33 heavy (non-hydrogen) atoms. The van der Waals surface area contributed by atoms with Gasteiger partial charge in [0.25, 0.3) is 0 Å². The molecule has 3 aliphatic rings. The lowest BCUT2D eigenvalue weighted by Crippen LogP contribution is -2.51. The van der Waals surface area contributed by atoms with Gasteiger partial charge in [-0.3, -0.25) is 0 Å². The summed E-state index contributed by atoms with van der Waals surface area (Å²) < 4.78 is 25.3. The van der Waals surface area contributed by atoms with Crippen LogP contribution in [0.4, 0.5) is 9.18 Å². The van der Waals surface area contributed by atoms with Crippen molar-refractivity contribution in [3.05, 3.63) is 71.0 Å². The Morgan fingerprint density at radius 3 is 2.61 bits per heavy atom. The summed E-state index contributed by atoms with van der Waals surface area (Å²) in [6.07, 6.45) is 3.98. The molecule has 1 saturated heterocycles. The molecule has 172 valence electrons. The van der Waals surface area contributed by atoms with Crippen molar-refractivity contribution in [2.45, 2.75) is 56.8 Å². The van der Waals surface area contributed by atoms with E-state index < -0.39 is 11.8 Å². The van der Waals surface area contributed by atoms with Gasteiger partial charge in [0.2, 0.25) is 0 Å². The van der Waals surface area contributed by atoms with Crippen LogP contribution in [0.2, 0.25) is 0 Å². The predicted octanol–water partition coefficient (Wildman–Crippen LogP) is 4.44. The van der Waals surface area contributed by atoms with Crippen LogP contribution in [0.15, 0.2) is 54.1 Å². The van der Waals surface area contributed by atoms with E-state index in [1.807, 2.05) is 35.2 Å². The molecule has 2 amide bonds. The Morgan fingerprint density at radius 2 is 1.88 bits per heavy atom. The molecule has 1 N–H and O–H groups in total. The standard InChI is InChI=1S/C26H27FN2O4/c1-32-25(30)24-21(14-19-10-12-22(24)29(19)26(31)28-18-8-9-18)20-11-7-17(27)13-23(20)33-15-16-5-3-2-4-6-16/h2-7,11,13,18-19,22H,8-10,12,14-15H2,1H3,(H,28,31). The quantitative estimate of drug-likeness (QED) is 0.661. The molecule has 1 saturated carbocycles. The Morgan fingerprint density at radius 1 is 1.09 bits per heavy atom. The molecule has 2 aromatic rings. The van der Waals surface area contributed by atoms with Crippen molar-refractivity contribution >= 4 is 17.6 Å². The second-order valence-electron chi connectivity index (χ2n) is 8.88. The highest BCUT2D eigenvalue weighted by Crippen LogP contribution is 2.45. The van der Waals surface area contributed by atoms with E-state index in [9.17, 15) is 14.0 Å². The van der Waals surface area contributed by atoms with E-state index in [4.69, 9.17) is 9.47 Å². The number of urea groups is 1. The number of hydrogen-bond donors (Lipinski definition) is 1. The molecular weight excluding hydrogens is 423 g/mol. The first-order valence-corrected chi connectivity index (χ1v) is 11.4. The van der Waals surface area contributed by atoms with Crippen LogP contribution in [-0.4, -0.2) is 42.1 Å². The van der Waals surface area contributed by atoms with E-state index in [1.165, 1.54) is 19.2 Å². The third kappa shape index (κ3) is 4.32. The van der Waals surface area contributed by atoms with Gasteiger partial charge < -0.3 is 19.7 Å². The lowest BCUT2D eigenvalue weighted by atomic mass is 9.88. The molecule has 2 bridgehead atoms. The van der Waals surface area contributed by atoms with Crippen LogP contribution in [0.25, 0.3) is 5.57 Å². The van der Waals surface area contributed by atoms with Crippen molar-refractivity contribution in [3.8, 4) is 5.75 Å². The second-order valence-corrected chi connectivity index (χ2v) is 8.88. The number of carbonyl (C=O) groups is 2. The first-order chi connectivity index (χ1) is 16.0. The molecule has 2 atom stereocenters. The number of esters is 1. The van der Waals surface area contributed by atoms with Crippen molar-refractivity contribution in [2.75, 3.05) is 7.11 Å². The summed E-state index contributed by atoms with van der Waals surface area (Å²) >= 11 is 0. The van der Waals surface area contributed by atoms with Crippen molar-refractivity contribution in [3.63, 3.8) is 0 Å². The smallest absolute Gasteiger partial charge is 0.336 e. The third-order valence-electron chi connectivity index (χ3n) is 6.65. The first kappa shape index (κ1) is 21.5. The zero-order valence-electron chi connectivity index (χ0n) is 18.6. The van der Waals surface area contributed by atoms with Gasteiger partial charge >= 0.3 is 12.0 Å². The number of methoxy groups -OCH3 is 1. The van der Waals surface area contributed by atoms with Gasteiger partial charge in [-0.25, -0.2) is 14.0 Å². The molecule has 2 aromatic carbocycles. The summed E-state index contributed by atoms with van der Waals surface area (Å²) in [5.74, 6) is -0.491. The average Bonchev–Trinajstić information content (AvgIpc) is 3.59. The van der Waals surface area contributed by atoms with Crippen LogP contribution >= 0.6 is 0 Å². The number of nitrogens with one attached hydrogen (secondary N) is 1. The fraction of sp³-hybridized carbons (Fsp3) is 0.385. The zero-order valence-corrected chi connectivity index (χ0v) is 18.6. The molecular formula is C26H27FN2O4. The Bertz CT molecular complexity index is 1100. The fourth-order valence-electron chi connectivity index (χ4n) is 4.92. The second kappa shape index (κ2) is 8.89. The molecule has 0 spiro atoms. The summed E-state index contributed by atoms with van der Waals surface area (Å²) in [7, 11) is 1.35. The minimum Gasteiger partial charge on any atom is -0.488 e. The largest absolute Gasteiger partial charge is 0.488 e. The zero-order chi connectivity index (χ0) is 22.9. The predicted molar refractivity (Wildman–Crippen MR) is 121 cm³/mol. The molecule has 0 aromatic heterocycles. The summed E-state index contributed by atoms with van der Waals surface area (Å²) in [4.78, 5) is 27.7. The van der Waals surface area contributed by atoms with Gasteiger partial charge in [-0.05, 0) is 55.4 Å². The van der Waals surface area contributed by atoms with E-state index in [2.05, 4.69) is 5.32 Å². The molecule has 2 heterocycles. The van der Waals surface area contributed by atoms with Crippen molar-refractivity contribution in [2.24, 2.45) is 0 Å². The normalized spacial score (nSPS) is 21.7. The van der Waals surface area contributed by atoms with E-state index in [0.29, 0.717) is 29.7 Å². The van der Waals surface area contributed by atoms with E-state index in [0.717, 1.165) is 30.4 Å². The van der Waals surface area contributed by atoms with E-state index in [1.54, 1.807) is 6.07 Å². The average molecular weight is 451 g/mol. The SMILES string of the molecule is COC(=O)C1=C(c2ccc(F)cc2OCc2ccccc2)CC2CCC1N2C(=O)NC1CC1. The minimum atomic E-state index is -0.460. The topological polar surface area (TPSA) is 67.9 Å². The van der Waals surface area contributed by atoms with E-state index in [-0.39, 0.29) is 30.8 Å². The van der Waals surface area contributed by atoms with Gasteiger partial charge in [0, 0.05) is 23.7 Å². The number of ether oxygens (including phenoxy) is 2. The molecule has 2 unspecified atom stereocenters. The number of nitrogens with zero attached hydrogens (tertiary/aromatic N) is 1. The molecule has 6 nitrogen and oxygen atoms in total. The number of amides is 2. The third-order valence-corrected chi connectivity index (χ3v) is 6.65. The Balaban J connectivity index is 1.51. The van der Waals surface area contributed by atoms with Crippen LogP contribution in [-0.2, 0) is 16.1 Å². The number of rotatable bonds is 6. The number of halogens is 1. The minimum absolute atomic E-state index is 0.0239. The number of carbonyl (C=O) groups excluding carboxylic acids is 2. The fourth-order valence-corrected chi connectivity index (χ4v) is 4.92. The van der Waals surface area contributed by atoms with Crippen LogP contribution in [0.1, 0.15) is 43.2 Å². The summed E-state index contributed by atoms with van der Waals surface area (Å²) in [5, 5.41) is 3.05. The van der Waals surface area contributed by atoms with Gasteiger partial charge in [-0.1, -0.05) is 30.3 Å². The van der Waals surface area contributed by atoms with Gasteiger partial charge in [-0.15, -0.1) is 0 Å². The van der Waals surface area contributed by atoms with Gasteiger partial charge in [0.1, 0.15) is 18.2 Å². The Hall–Kier alpha value is -3.35. The van der Waals surface area contributed by atoms with Crippen LogP contribution < -0.4 is 10.1 Å². The van der Waals surface area contributed by atoms with Gasteiger partial charge in [0.05, 0.1) is 18.7 Å².